The van der Waals surface area contributed by atoms with E-state index in [-0.39, 0.29) is 0 Å². The van der Waals surface area contributed by atoms with Crippen LogP contribution < -0.4 is 5.32 Å². The molecular formula is C12H23N. The Hall–Kier alpha value is -0.0400. The van der Waals surface area contributed by atoms with E-state index in [1.54, 1.807) is 0 Å². The van der Waals surface area contributed by atoms with Crippen molar-refractivity contribution in [2.75, 3.05) is 0 Å². The molecule has 0 atom stereocenters. The van der Waals surface area contributed by atoms with Crippen LogP contribution in [-0.4, -0.2) is 12.1 Å². The van der Waals surface area contributed by atoms with Crippen LogP contribution in [0.5, 0.6) is 0 Å². The van der Waals surface area contributed by atoms with Gasteiger partial charge in [0, 0.05) is 12.1 Å². The Kier molecular flexibility index (Phi) is 3.26. The molecule has 0 aromatic rings. The van der Waals surface area contributed by atoms with Gasteiger partial charge in [-0.2, -0.15) is 0 Å². The third kappa shape index (κ3) is 2.70. The average Bonchev–Trinajstić information content (AvgIpc) is 2.30. The highest BCUT2D eigenvalue weighted by molar-refractivity contribution is 4.85. The summed E-state index contributed by atoms with van der Waals surface area (Å²) in [5.74, 6) is 0.989. The fraction of sp³-hybridized carbons (Fsp3) is 1.00. The first kappa shape index (κ1) is 9.51. The summed E-state index contributed by atoms with van der Waals surface area (Å²) in [6, 6.07) is 1.73. The van der Waals surface area contributed by atoms with E-state index in [4.69, 9.17) is 0 Å². The minimum atomic E-state index is 0.861. The molecule has 0 bridgehead atoms. The zero-order chi connectivity index (χ0) is 9.10. The fourth-order valence-corrected chi connectivity index (χ4v) is 2.82. The van der Waals surface area contributed by atoms with Crippen LogP contribution in [0.2, 0.25) is 0 Å². The molecule has 2 fully saturated rings. The molecule has 76 valence electrons. The second-order valence-corrected chi connectivity index (χ2v) is 5.13. The maximum absolute atomic E-state index is 3.83. The predicted molar refractivity (Wildman–Crippen MR) is 56.8 cm³/mol. The second-order valence-electron chi connectivity index (χ2n) is 5.13. The van der Waals surface area contributed by atoms with Gasteiger partial charge in [0.25, 0.3) is 0 Å². The molecule has 2 aliphatic carbocycles. The van der Waals surface area contributed by atoms with E-state index < -0.39 is 0 Å². The monoisotopic (exact) mass is 181 g/mol. The van der Waals surface area contributed by atoms with Crippen LogP contribution in [-0.2, 0) is 0 Å². The van der Waals surface area contributed by atoms with Crippen LogP contribution >= 0.6 is 0 Å². The lowest BCUT2D eigenvalue weighted by Gasteiger charge is -2.36. The van der Waals surface area contributed by atoms with Gasteiger partial charge in [-0.1, -0.05) is 32.6 Å². The van der Waals surface area contributed by atoms with Gasteiger partial charge in [0.05, 0.1) is 0 Å². The van der Waals surface area contributed by atoms with Gasteiger partial charge >= 0.3 is 0 Å². The van der Waals surface area contributed by atoms with E-state index >= 15 is 0 Å². The highest BCUT2D eigenvalue weighted by atomic mass is 15.0. The summed E-state index contributed by atoms with van der Waals surface area (Å²) < 4.78 is 0. The zero-order valence-electron chi connectivity index (χ0n) is 8.89. The van der Waals surface area contributed by atoms with Crippen molar-refractivity contribution < 1.29 is 0 Å². The molecule has 2 rings (SSSR count). The molecule has 0 aromatic carbocycles. The molecule has 1 N–H and O–H groups in total. The van der Waals surface area contributed by atoms with Crippen molar-refractivity contribution in [1.82, 2.24) is 5.32 Å². The van der Waals surface area contributed by atoms with Crippen molar-refractivity contribution in [3.8, 4) is 0 Å². The molecule has 0 spiro atoms. The van der Waals surface area contributed by atoms with Crippen LogP contribution in [0.4, 0.5) is 0 Å². The third-order valence-electron chi connectivity index (χ3n) is 3.70. The summed E-state index contributed by atoms with van der Waals surface area (Å²) in [7, 11) is 0. The molecule has 0 amide bonds. The minimum Gasteiger partial charge on any atom is -0.311 e. The van der Waals surface area contributed by atoms with Gasteiger partial charge in [-0.25, -0.2) is 0 Å². The topological polar surface area (TPSA) is 12.0 Å². The first-order valence-electron chi connectivity index (χ1n) is 6.10. The van der Waals surface area contributed by atoms with Gasteiger partial charge in [-0.15, -0.1) is 0 Å². The third-order valence-corrected chi connectivity index (χ3v) is 3.70. The standard InChI is InChI=1S/C12H23N/c1-10-8-12(9-10)13-11-6-4-2-3-5-7-11/h10-13H,2-9H2,1H3. The van der Waals surface area contributed by atoms with E-state index in [1.165, 1.54) is 51.4 Å². The zero-order valence-corrected chi connectivity index (χ0v) is 8.89. The van der Waals surface area contributed by atoms with Gasteiger partial charge in [-0.05, 0) is 31.6 Å². The molecule has 0 aliphatic heterocycles. The molecule has 0 radical (unpaired) electrons. The van der Waals surface area contributed by atoms with E-state index in [0.29, 0.717) is 0 Å². The van der Waals surface area contributed by atoms with Crippen LogP contribution in [0.1, 0.15) is 58.3 Å². The van der Waals surface area contributed by atoms with Crippen LogP contribution in [0, 0.1) is 5.92 Å². The Bertz CT molecular complexity index is 141. The number of hydrogen-bond acceptors (Lipinski definition) is 1. The maximum atomic E-state index is 3.83. The Morgan fingerprint density at radius 2 is 1.46 bits per heavy atom. The summed E-state index contributed by atoms with van der Waals surface area (Å²) >= 11 is 0. The molecule has 0 saturated heterocycles. The highest BCUT2D eigenvalue weighted by Crippen LogP contribution is 2.28. The molecule has 0 aromatic heterocycles. The molecule has 0 unspecified atom stereocenters. The summed E-state index contributed by atoms with van der Waals surface area (Å²) in [6.45, 7) is 2.37. The Labute approximate surface area is 82.3 Å². The summed E-state index contributed by atoms with van der Waals surface area (Å²) in [5.41, 5.74) is 0. The van der Waals surface area contributed by atoms with Crippen LogP contribution in [0.25, 0.3) is 0 Å². The molecular weight excluding hydrogens is 158 g/mol. The van der Waals surface area contributed by atoms with Crippen LogP contribution in [0.15, 0.2) is 0 Å². The Balaban J connectivity index is 1.67. The van der Waals surface area contributed by atoms with Crippen LogP contribution in [0.3, 0.4) is 0 Å². The summed E-state index contributed by atoms with van der Waals surface area (Å²) in [4.78, 5) is 0. The highest BCUT2D eigenvalue weighted by Gasteiger charge is 2.27. The average molecular weight is 181 g/mol. The normalized spacial score (nSPS) is 36.7. The lowest BCUT2D eigenvalue weighted by molar-refractivity contribution is 0.215. The van der Waals surface area contributed by atoms with Crippen molar-refractivity contribution in [2.24, 2.45) is 5.92 Å². The molecule has 0 heterocycles. The van der Waals surface area contributed by atoms with Gasteiger partial charge in [0.1, 0.15) is 0 Å². The lowest BCUT2D eigenvalue weighted by Crippen LogP contribution is -2.45. The number of hydrogen-bond donors (Lipinski definition) is 1. The lowest BCUT2D eigenvalue weighted by atomic mass is 9.81. The van der Waals surface area contributed by atoms with E-state index in [9.17, 15) is 0 Å². The quantitative estimate of drug-likeness (QED) is 0.645. The first-order valence-corrected chi connectivity index (χ1v) is 6.10. The molecule has 2 saturated carbocycles. The van der Waals surface area contributed by atoms with Gasteiger partial charge in [-0.3, -0.25) is 0 Å². The van der Waals surface area contributed by atoms with Gasteiger partial charge in [0.15, 0.2) is 0 Å². The van der Waals surface area contributed by atoms with E-state index in [2.05, 4.69) is 12.2 Å². The summed E-state index contributed by atoms with van der Waals surface area (Å²) in [5, 5.41) is 3.83. The van der Waals surface area contributed by atoms with E-state index in [1.807, 2.05) is 0 Å². The second kappa shape index (κ2) is 4.45. The van der Waals surface area contributed by atoms with Gasteiger partial charge < -0.3 is 5.32 Å². The number of nitrogens with one attached hydrogen (secondary N) is 1. The van der Waals surface area contributed by atoms with E-state index in [0.717, 1.165) is 18.0 Å². The fourth-order valence-electron chi connectivity index (χ4n) is 2.82. The van der Waals surface area contributed by atoms with Crippen molar-refractivity contribution in [3.63, 3.8) is 0 Å². The minimum absolute atomic E-state index is 0.861. The maximum Gasteiger partial charge on any atom is 0.00747 e. The first-order chi connectivity index (χ1) is 6.34. The smallest absolute Gasteiger partial charge is 0.00747 e. The van der Waals surface area contributed by atoms with Crippen molar-refractivity contribution in [2.45, 2.75) is 70.4 Å². The molecule has 2 aliphatic rings. The Morgan fingerprint density at radius 1 is 0.846 bits per heavy atom. The molecule has 1 heteroatoms. The molecule has 13 heavy (non-hydrogen) atoms. The summed E-state index contributed by atoms with van der Waals surface area (Å²) in [6.07, 6.45) is 11.6. The van der Waals surface area contributed by atoms with Gasteiger partial charge in [0.2, 0.25) is 0 Å². The largest absolute Gasteiger partial charge is 0.311 e. The number of rotatable bonds is 2. The predicted octanol–water partition coefficient (Wildman–Crippen LogP) is 3.10. The van der Waals surface area contributed by atoms with Crippen molar-refractivity contribution >= 4 is 0 Å². The van der Waals surface area contributed by atoms with Crippen molar-refractivity contribution in [1.29, 1.82) is 0 Å². The SMILES string of the molecule is CC1CC(NC2CCCCCC2)C1. The molecule has 1 nitrogen and oxygen atoms in total. The van der Waals surface area contributed by atoms with Crippen molar-refractivity contribution in [3.05, 3.63) is 0 Å². The Morgan fingerprint density at radius 3 is 2.00 bits per heavy atom.